The quantitative estimate of drug-likeness (QED) is 0.109. The van der Waals surface area contributed by atoms with Crippen LogP contribution in [0.3, 0.4) is 0 Å². The van der Waals surface area contributed by atoms with Gasteiger partial charge in [0.05, 0.1) is 43.0 Å². The van der Waals surface area contributed by atoms with Gasteiger partial charge < -0.3 is 29.8 Å². The summed E-state index contributed by atoms with van der Waals surface area (Å²) in [5, 5.41) is 2.78. The molecule has 3 aromatic carbocycles. The molecule has 3 amide bonds. The predicted octanol–water partition coefficient (Wildman–Crippen LogP) is 8.31. The Bertz CT molecular complexity index is 2180. The van der Waals surface area contributed by atoms with Crippen molar-refractivity contribution in [3.8, 4) is 33.6 Å². The van der Waals surface area contributed by atoms with E-state index in [2.05, 4.69) is 94.7 Å². The second kappa shape index (κ2) is 17.4. The molecule has 0 radical (unpaired) electrons. The first kappa shape index (κ1) is 40.4. The summed E-state index contributed by atoms with van der Waals surface area (Å²) in [5.74, 6) is 1.39. The number of likely N-dealkylation sites (N-methyl/N-ethyl adjacent to an activating group) is 1. The molecule has 0 saturated carbocycles. The van der Waals surface area contributed by atoms with Gasteiger partial charge in [0.15, 0.2) is 0 Å². The third-order valence-electron chi connectivity index (χ3n) is 12.3. The van der Waals surface area contributed by atoms with E-state index in [-0.39, 0.29) is 35.9 Å². The number of aromatic amines is 2. The summed E-state index contributed by atoms with van der Waals surface area (Å²) in [4.78, 5) is 62.9. The molecule has 0 spiro atoms. The molecule has 12 nitrogen and oxygen atoms in total. The van der Waals surface area contributed by atoms with E-state index in [0.717, 1.165) is 96.2 Å². The summed E-state index contributed by atoms with van der Waals surface area (Å²) in [6, 6.07) is 26.3. The maximum atomic E-state index is 14.2. The van der Waals surface area contributed by atoms with Crippen LogP contribution in [0.5, 0.6) is 0 Å². The van der Waals surface area contributed by atoms with Gasteiger partial charge in [-0.05, 0) is 79.4 Å². The van der Waals surface area contributed by atoms with Crippen molar-refractivity contribution in [1.29, 1.82) is 0 Å². The molecular weight excluding hydrogens is 729 g/mol. The van der Waals surface area contributed by atoms with Gasteiger partial charge in [-0.3, -0.25) is 14.5 Å². The Hall–Kier alpha value is -5.75. The molecule has 3 N–H and O–H groups in total. The van der Waals surface area contributed by atoms with Crippen LogP contribution in [0.1, 0.15) is 95.6 Å². The van der Waals surface area contributed by atoms with Crippen molar-refractivity contribution in [2.45, 2.75) is 84.0 Å². The summed E-state index contributed by atoms with van der Waals surface area (Å²) in [6.45, 7) is 12.7. The van der Waals surface area contributed by atoms with E-state index in [1.807, 2.05) is 54.2 Å². The molecule has 2 unspecified atom stereocenters. The van der Waals surface area contributed by atoms with Crippen molar-refractivity contribution in [3.05, 3.63) is 108 Å². The first-order valence-corrected chi connectivity index (χ1v) is 20.6. The molecule has 12 heteroatoms. The monoisotopic (exact) mass is 784 g/mol. The number of hydrogen-bond acceptors (Lipinski definition) is 7. The third-order valence-corrected chi connectivity index (χ3v) is 12.3. The number of amides is 3. The summed E-state index contributed by atoms with van der Waals surface area (Å²) in [5.41, 5.74) is 5.89. The lowest BCUT2D eigenvalue weighted by Crippen LogP contribution is -2.60. The van der Waals surface area contributed by atoms with Crippen LogP contribution in [0.2, 0.25) is 0 Å². The van der Waals surface area contributed by atoms with Gasteiger partial charge in [0.2, 0.25) is 11.8 Å². The van der Waals surface area contributed by atoms with Crippen LogP contribution in [-0.4, -0.2) is 91.4 Å². The number of methoxy groups -OCH3 is 1. The fraction of sp³-hybridized carbons (Fsp3) is 0.413. The van der Waals surface area contributed by atoms with Gasteiger partial charge in [0.25, 0.3) is 0 Å². The van der Waals surface area contributed by atoms with Crippen molar-refractivity contribution < 1.29 is 19.1 Å². The molecular formula is C46H56N8O4. The van der Waals surface area contributed by atoms with Gasteiger partial charge in [-0.15, -0.1) is 0 Å². The number of benzene rings is 3. The van der Waals surface area contributed by atoms with E-state index >= 15 is 0 Å². The Kier molecular flexibility index (Phi) is 12.1. The number of likely N-dealkylation sites (tertiary alicyclic amines) is 2. The fourth-order valence-electron chi connectivity index (χ4n) is 8.50. The number of ether oxygens (including phenoxy) is 1. The number of alkyl carbamates (subject to hydrolysis) is 1. The standard InChI is InChI=1S/C46H56N8O4/c1-7-52(8-2)40(35-14-10-9-11-15-35)43(55)53-26-12-16-38(53)41-47-28-36(49-41)33-22-18-31(19-23-33)32-20-24-34(25-21-32)37-29-48-42(50-37)39-17-13-27-54(39)44(56)46(5,30(3)4)51-45(57)58-6/h9-11,14-15,18-25,28-30,38-40H,7-8,12-13,16-17,26-27H2,1-6H3,(H,47,49)(H,48,50)(H,51,57)/t38?,39-,40+,46?/m0/s1. The molecule has 4 heterocycles. The number of rotatable bonds is 13. The molecule has 2 aliphatic heterocycles. The van der Waals surface area contributed by atoms with Gasteiger partial charge in [-0.1, -0.05) is 107 Å². The van der Waals surface area contributed by atoms with Crippen molar-refractivity contribution in [3.63, 3.8) is 0 Å². The van der Waals surface area contributed by atoms with E-state index < -0.39 is 11.6 Å². The smallest absolute Gasteiger partial charge is 0.407 e. The lowest BCUT2D eigenvalue weighted by atomic mass is 9.86. The van der Waals surface area contributed by atoms with E-state index in [1.54, 1.807) is 6.92 Å². The van der Waals surface area contributed by atoms with Crippen molar-refractivity contribution >= 4 is 17.9 Å². The van der Waals surface area contributed by atoms with Gasteiger partial charge in [-0.2, -0.15) is 0 Å². The van der Waals surface area contributed by atoms with E-state index in [9.17, 15) is 14.4 Å². The Morgan fingerprint density at radius 2 is 1.26 bits per heavy atom. The first-order valence-electron chi connectivity index (χ1n) is 20.6. The predicted molar refractivity (Wildman–Crippen MR) is 225 cm³/mol. The zero-order valence-corrected chi connectivity index (χ0v) is 34.5. The molecule has 2 saturated heterocycles. The third kappa shape index (κ3) is 8.02. The highest BCUT2D eigenvalue weighted by Gasteiger charge is 2.45. The van der Waals surface area contributed by atoms with E-state index in [1.165, 1.54) is 7.11 Å². The summed E-state index contributed by atoms with van der Waals surface area (Å²) in [6.07, 6.45) is 6.51. The zero-order chi connectivity index (χ0) is 41.0. The minimum absolute atomic E-state index is 0.0950. The minimum Gasteiger partial charge on any atom is -0.453 e. The van der Waals surface area contributed by atoms with Crippen LogP contribution in [0.15, 0.2) is 91.3 Å². The fourth-order valence-corrected chi connectivity index (χ4v) is 8.50. The molecule has 0 bridgehead atoms. The Balaban J connectivity index is 1.02. The highest BCUT2D eigenvalue weighted by molar-refractivity contribution is 5.90. The van der Waals surface area contributed by atoms with Gasteiger partial charge in [0, 0.05) is 13.1 Å². The van der Waals surface area contributed by atoms with Crippen LogP contribution < -0.4 is 5.32 Å². The SMILES string of the molecule is CCN(CC)[C@@H](C(=O)N1CCCC1c1ncc(-c2ccc(-c3ccc(-c4cnc([C@@H]5CCCN5C(=O)C(C)(NC(=O)OC)C(C)C)[nH]4)cc3)cc2)[nH]1)c1ccccc1. The number of H-pyrrole nitrogens is 2. The molecule has 2 aromatic heterocycles. The number of hydrogen-bond donors (Lipinski definition) is 3. The second-order valence-electron chi connectivity index (χ2n) is 15.9. The maximum Gasteiger partial charge on any atom is 0.407 e. The number of carbonyl (C=O) groups excluding carboxylic acids is 3. The average molecular weight is 785 g/mol. The number of aromatic nitrogens is 4. The van der Waals surface area contributed by atoms with Crippen LogP contribution in [-0.2, 0) is 14.3 Å². The molecule has 0 aliphatic carbocycles. The maximum absolute atomic E-state index is 14.2. The largest absolute Gasteiger partial charge is 0.453 e. The van der Waals surface area contributed by atoms with Crippen molar-refractivity contribution in [1.82, 2.24) is 40.0 Å². The van der Waals surface area contributed by atoms with Gasteiger partial charge >= 0.3 is 6.09 Å². The lowest BCUT2D eigenvalue weighted by Gasteiger charge is -2.37. The zero-order valence-electron chi connectivity index (χ0n) is 34.5. The Labute approximate surface area is 341 Å². The molecule has 304 valence electrons. The molecule has 2 aliphatic rings. The van der Waals surface area contributed by atoms with Crippen LogP contribution in [0, 0.1) is 5.92 Å². The number of carbonyl (C=O) groups is 3. The Morgan fingerprint density at radius 1 is 0.776 bits per heavy atom. The first-order chi connectivity index (χ1) is 28.1. The normalized spacial score (nSPS) is 18.4. The average Bonchev–Trinajstić information content (AvgIpc) is 4.10. The van der Waals surface area contributed by atoms with Crippen molar-refractivity contribution in [2.75, 3.05) is 33.3 Å². The summed E-state index contributed by atoms with van der Waals surface area (Å²) < 4.78 is 4.83. The second-order valence-corrected chi connectivity index (χ2v) is 15.9. The van der Waals surface area contributed by atoms with Gasteiger partial charge in [-0.25, -0.2) is 14.8 Å². The lowest BCUT2D eigenvalue weighted by molar-refractivity contribution is -0.140. The van der Waals surface area contributed by atoms with Crippen LogP contribution in [0.25, 0.3) is 33.6 Å². The topological polar surface area (TPSA) is 140 Å². The summed E-state index contributed by atoms with van der Waals surface area (Å²) >= 11 is 0. The summed E-state index contributed by atoms with van der Waals surface area (Å²) in [7, 11) is 1.30. The number of imidazole rings is 2. The highest BCUT2D eigenvalue weighted by Crippen LogP contribution is 2.37. The van der Waals surface area contributed by atoms with Crippen molar-refractivity contribution in [2.24, 2.45) is 5.92 Å². The van der Waals surface area contributed by atoms with Crippen LogP contribution in [0.4, 0.5) is 4.79 Å². The molecule has 7 rings (SSSR count). The Morgan fingerprint density at radius 3 is 1.74 bits per heavy atom. The molecule has 2 fully saturated rings. The van der Waals surface area contributed by atoms with Gasteiger partial charge in [0.1, 0.15) is 23.2 Å². The van der Waals surface area contributed by atoms with Crippen LogP contribution >= 0.6 is 0 Å². The minimum atomic E-state index is -1.11. The van der Waals surface area contributed by atoms with E-state index in [4.69, 9.17) is 14.7 Å². The molecule has 5 aromatic rings. The molecule has 58 heavy (non-hydrogen) atoms. The number of nitrogens with one attached hydrogen (secondary N) is 3. The molecule has 4 atom stereocenters. The highest BCUT2D eigenvalue weighted by atomic mass is 16.5. The number of nitrogens with zero attached hydrogens (tertiary/aromatic N) is 5. The van der Waals surface area contributed by atoms with E-state index in [0.29, 0.717) is 6.54 Å².